The molecule has 0 fully saturated rings. The second-order valence-electron chi connectivity index (χ2n) is 6.15. The summed E-state index contributed by atoms with van der Waals surface area (Å²) in [6.45, 7) is 9.08. The number of hydrogen-bond acceptors (Lipinski definition) is 4. The fraction of sp³-hybridized carbons (Fsp3) is 0.389. The number of anilines is 2. The zero-order valence-corrected chi connectivity index (χ0v) is 14.2. The number of nitrogens with one attached hydrogen (secondary N) is 2. The van der Waals surface area contributed by atoms with Crippen LogP contribution in [0.2, 0.25) is 0 Å². The van der Waals surface area contributed by atoms with Crippen LogP contribution in [0.25, 0.3) is 0 Å². The molecule has 0 radical (unpaired) electrons. The summed E-state index contributed by atoms with van der Waals surface area (Å²) in [5.74, 6) is 0.866. The standard InChI is InChI=1S/C18H24N4O/c1-12(2)7-9-19-18-20-10-8-15(22-18)17(23)21-16-11-13(3)5-6-14(16)4/h5-6,8,10-12H,7,9H2,1-4H3,(H,21,23)(H,19,20,22). The first-order chi connectivity index (χ1) is 11.0. The number of hydrogen-bond donors (Lipinski definition) is 2. The van der Waals surface area contributed by atoms with Crippen molar-refractivity contribution < 1.29 is 4.79 Å². The van der Waals surface area contributed by atoms with Crippen LogP contribution in [-0.2, 0) is 0 Å². The fourth-order valence-electron chi connectivity index (χ4n) is 2.10. The minimum atomic E-state index is -0.229. The lowest BCUT2D eigenvalue weighted by atomic mass is 10.1. The van der Waals surface area contributed by atoms with E-state index in [1.54, 1.807) is 12.3 Å². The van der Waals surface area contributed by atoms with E-state index < -0.39 is 0 Å². The Bertz CT molecular complexity index is 682. The minimum absolute atomic E-state index is 0.229. The van der Waals surface area contributed by atoms with Crippen LogP contribution in [0.1, 0.15) is 41.9 Å². The van der Waals surface area contributed by atoms with Gasteiger partial charge >= 0.3 is 0 Å². The van der Waals surface area contributed by atoms with Gasteiger partial charge in [-0.2, -0.15) is 0 Å². The van der Waals surface area contributed by atoms with Crippen molar-refractivity contribution in [1.29, 1.82) is 0 Å². The highest BCUT2D eigenvalue weighted by Crippen LogP contribution is 2.17. The van der Waals surface area contributed by atoms with E-state index >= 15 is 0 Å². The molecule has 1 amide bonds. The van der Waals surface area contributed by atoms with Crippen molar-refractivity contribution in [3.8, 4) is 0 Å². The summed E-state index contributed by atoms with van der Waals surface area (Å²) < 4.78 is 0. The highest BCUT2D eigenvalue weighted by atomic mass is 16.1. The zero-order chi connectivity index (χ0) is 16.8. The van der Waals surface area contributed by atoms with Crippen LogP contribution in [-0.4, -0.2) is 22.4 Å². The quantitative estimate of drug-likeness (QED) is 0.851. The zero-order valence-electron chi connectivity index (χ0n) is 14.2. The van der Waals surface area contributed by atoms with Gasteiger partial charge in [0.1, 0.15) is 5.69 Å². The SMILES string of the molecule is Cc1ccc(C)c(NC(=O)c2ccnc(NCCC(C)C)n2)c1. The minimum Gasteiger partial charge on any atom is -0.354 e. The Morgan fingerprint density at radius 3 is 2.74 bits per heavy atom. The molecule has 2 rings (SSSR count). The molecule has 0 unspecified atom stereocenters. The van der Waals surface area contributed by atoms with Crippen LogP contribution < -0.4 is 10.6 Å². The number of aryl methyl sites for hydroxylation is 2. The van der Waals surface area contributed by atoms with Crippen molar-refractivity contribution in [1.82, 2.24) is 9.97 Å². The maximum absolute atomic E-state index is 12.4. The lowest BCUT2D eigenvalue weighted by Crippen LogP contribution is -2.16. The molecule has 0 saturated carbocycles. The monoisotopic (exact) mass is 312 g/mol. The van der Waals surface area contributed by atoms with Crippen molar-refractivity contribution in [2.45, 2.75) is 34.1 Å². The molecule has 1 aromatic carbocycles. The van der Waals surface area contributed by atoms with Crippen molar-refractivity contribution in [2.75, 3.05) is 17.2 Å². The second-order valence-corrected chi connectivity index (χ2v) is 6.15. The summed E-state index contributed by atoms with van der Waals surface area (Å²) in [7, 11) is 0. The third kappa shape index (κ3) is 5.06. The molecule has 0 aliphatic heterocycles. The number of amides is 1. The predicted octanol–water partition coefficient (Wildman–Crippen LogP) is 3.80. The van der Waals surface area contributed by atoms with E-state index in [0.29, 0.717) is 17.6 Å². The lowest BCUT2D eigenvalue weighted by molar-refractivity contribution is 0.102. The van der Waals surface area contributed by atoms with E-state index in [-0.39, 0.29) is 5.91 Å². The largest absolute Gasteiger partial charge is 0.354 e. The molecular formula is C18H24N4O. The first-order valence-corrected chi connectivity index (χ1v) is 7.91. The molecule has 1 heterocycles. The van der Waals surface area contributed by atoms with Crippen LogP contribution in [0.4, 0.5) is 11.6 Å². The Hall–Kier alpha value is -2.43. The lowest BCUT2D eigenvalue weighted by Gasteiger charge is -2.10. The molecule has 5 heteroatoms. The molecule has 1 aromatic heterocycles. The fourth-order valence-corrected chi connectivity index (χ4v) is 2.10. The van der Waals surface area contributed by atoms with Gasteiger partial charge in [0.2, 0.25) is 5.95 Å². The molecule has 0 saturated heterocycles. The second kappa shape index (κ2) is 7.72. The molecule has 5 nitrogen and oxygen atoms in total. The van der Waals surface area contributed by atoms with Crippen LogP contribution in [0.5, 0.6) is 0 Å². The van der Waals surface area contributed by atoms with Crippen LogP contribution in [0.15, 0.2) is 30.5 Å². The van der Waals surface area contributed by atoms with Crippen LogP contribution >= 0.6 is 0 Å². The summed E-state index contributed by atoms with van der Waals surface area (Å²) in [6, 6.07) is 7.58. The highest BCUT2D eigenvalue weighted by molar-refractivity contribution is 6.03. The first-order valence-electron chi connectivity index (χ1n) is 7.91. The van der Waals surface area contributed by atoms with Gasteiger partial charge in [-0.15, -0.1) is 0 Å². The van der Waals surface area contributed by atoms with Gasteiger partial charge in [-0.05, 0) is 49.4 Å². The molecule has 2 N–H and O–H groups in total. The van der Waals surface area contributed by atoms with E-state index in [1.165, 1.54) is 0 Å². The third-order valence-corrected chi connectivity index (χ3v) is 3.53. The number of nitrogens with zero attached hydrogens (tertiary/aromatic N) is 2. The first kappa shape index (κ1) is 16.9. The van der Waals surface area contributed by atoms with Crippen molar-refractivity contribution in [2.24, 2.45) is 5.92 Å². The smallest absolute Gasteiger partial charge is 0.274 e. The van der Waals surface area contributed by atoms with Gasteiger partial charge < -0.3 is 10.6 Å². The number of carbonyl (C=O) groups excluding carboxylic acids is 1. The van der Waals surface area contributed by atoms with Gasteiger partial charge in [0.25, 0.3) is 5.91 Å². The molecule has 122 valence electrons. The van der Waals surface area contributed by atoms with Crippen molar-refractivity contribution >= 4 is 17.5 Å². The molecule has 0 spiro atoms. The number of carbonyl (C=O) groups is 1. The van der Waals surface area contributed by atoms with E-state index in [9.17, 15) is 4.79 Å². The summed E-state index contributed by atoms with van der Waals surface area (Å²) in [5, 5.41) is 6.07. The maximum atomic E-state index is 12.4. The Morgan fingerprint density at radius 1 is 1.22 bits per heavy atom. The summed E-state index contributed by atoms with van der Waals surface area (Å²) in [6.07, 6.45) is 2.63. The average molecular weight is 312 g/mol. The van der Waals surface area contributed by atoms with E-state index in [1.807, 2.05) is 32.0 Å². The van der Waals surface area contributed by atoms with E-state index in [4.69, 9.17) is 0 Å². The van der Waals surface area contributed by atoms with E-state index in [2.05, 4.69) is 34.4 Å². The van der Waals surface area contributed by atoms with Crippen LogP contribution in [0.3, 0.4) is 0 Å². The Labute approximate surface area is 137 Å². The molecule has 0 bridgehead atoms. The predicted molar refractivity (Wildman–Crippen MR) is 93.8 cm³/mol. The normalized spacial score (nSPS) is 10.7. The number of aromatic nitrogens is 2. The van der Waals surface area contributed by atoms with Gasteiger partial charge in [-0.1, -0.05) is 26.0 Å². The number of benzene rings is 1. The average Bonchev–Trinajstić information content (AvgIpc) is 2.51. The summed E-state index contributed by atoms with van der Waals surface area (Å²) >= 11 is 0. The Balaban J connectivity index is 2.06. The van der Waals surface area contributed by atoms with Gasteiger partial charge in [0.15, 0.2) is 0 Å². The maximum Gasteiger partial charge on any atom is 0.274 e. The molecule has 0 atom stereocenters. The van der Waals surface area contributed by atoms with Gasteiger partial charge in [0.05, 0.1) is 0 Å². The Kier molecular flexibility index (Phi) is 5.68. The summed E-state index contributed by atoms with van der Waals surface area (Å²) in [5.41, 5.74) is 3.29. The summed E-state index contributed by atoms with van der Waals surface area (Å²) in [4.78, 5) is 20.8. The van der Waals surface area contributed by atoms with Crippen molar-refractivity contribution in [3.63, 3.8) is 0 Å². The number of rotatable bonds is 6. The molecule has 23 heavy (non-hydrogen) atoms. The highest BCUT2D eigenvalue weighted by Gasteiger charge is 2.10. The topological polar surface area (TPSA) is 66.9 Å². The van der Waals surface area contributed by atoms with Crippen LogP contribution in [0, 0.1) is 19.8 Å². The van der Waals surface area contributed by atoms with Gasteiger partial charge in [0, 0.05) is 18.4 Å². The van der Waals surface area contributed by atoms with Gasteiger partial charge in [-0.3, -0.25) is 4.79 Å². The van der Waals surface area contributed by atoms with Crippen molar-refractivity contribution in [3.05, 3.63) is 47.3 Å². The molecule has 2 aromatic rings. The van der Waals surface area contributed by atoms with Gasteiger partial charge in [-0.25, -0.2) is 9.97 Å². The van der Waals surface area contributed by atoms with E-state index in [0.717, 1.165) is 29.8 Å². The third-order valence-electron chi connectivity index (χ3n) is 3.53. The molecular weight excluding hydrogens is 288 g/mol. The Morgan fingerprint density at radius 2 is 2.00 bits per heavy atom. The molecule has 0 aliphatic carbocycles. The molecule has 0 aliphatic rings.